The van der Waals surface area contributed by atoms with E-state index in [4.69, 9.17) is 11.0 Å². The van der Waals surface area contributed by atoms with Crippen LogP contribution in [0.1, 0.15) is 38.9 Å². The van der Waals surface area contributed by atoms with E-state index < -0.39 is 0 Å². The Morgan fingerprint density at radius 1 is 1.57 bits per heavy atom. The van der Waals surface area contributed by atoms with Gasteiger partial charge in [-0.1, -0.05) is 0 Å². The van der Waals surface area contributed by atoms with Gasteiger partial charge >= 0.3 is 0 Å². The van der Waals surface area contributed by atoms with Crippen molar-refractivity contribution in [1.82, 2.24) is 4.57 Å². The summed E-state index contributed by atoms with van der Waals surface area (Å²) in [7, 11) is 0. The highest BCUT2D eigenvalue weighted by Gasteiger charge is 2.18. The second-order valence-electron chi connectivity index (χ2n) is 4.44. The summed E-state index contributed by atoms with van der Waals surface area (Å²) in [5.74, 6) is 0. The monoisotopic (exact) mass is 191 g/mol. The molecular weight excluding hydrogens is 174 g/mol. The van der Waals surface area contributed by atoms with Gasteiger partial charge in [0.2, 0.25) is 0 Å². The predicted octanol–water partition coefficient (Wildman–Crippen LogP) is 2.16. The fraction of sp³-hybridized carbons (Fsp3) is 0.545. The van der Waals surface area contributed by atoms with Gasteiger partial charge in [-0.05, 0) is 32.9 Å². The molecule has 0 aliphatic rings. The van der Waals surface area contributed by atoms with Gasteiger partial charge in [0.25, 0.3) is 0 Å². The third kappa shape index (κ3) is 2.15. The number of aromatic nitrogens is 1. The van der Waals surface area contributed by atoms with E-state index in [1.54, 1.807) is 0 Å². The largest absolute Gasteiger partial charge is 0.345 e. The fourth-order valence-electron chi connectivity index (χ4n) is 1.51. The molecule has 2 N–H and O–H groups in total. The topological polar surface area (TPSA) is 54.7 Å². The molecule has 0 fully saturated rings. The summed E-state index contributed by atoms with van der Waals surface area (Å²) in [6.07, 6.45) is 2.37. The Labute approximate surface area is 85.1 Å². The highest BCUT2D eigenvalue weighted by Crippen LogP contribution is 2.22. The number of hydrogen-bond donors (Lipinski definition) is 1. The van der Waals surface area contributed by atoms with Crippen molar-refractivity contribution in [2.24, 2.45) is 5.73 Å². The molecule has 0 aliphatic carbocycles. The number of nitriles is 1. The molecule has 0 aliphatic heterocycles. The lowest BCUT2D eigenvalue weighted by Crippen LogP contribution is -2.26. The Kier molecular flexibility index (Phi) is 2.97. The zero-order valence-corrected chi connectivity index (χ0v) is 8.99. The maximum absolute atomic E-state index is 8.59. The van der Waals surface area contributed by atoms with Crippen LogP contribution in [0.4, 0.5) is 0 Å². The Morgan fingerprint density at radius 3 is 2.71 bits per heavy atom. The standard InChI is InChI=1S/C11H17N3/c1-11(2,3)14-8-4-5-10(14)9(13)6-7-12/h4-5,8-9H,6,13H2,1-3H3/t9-/m0/s1. The molecule has 0 spiro atoms. The van der Waals surface area contributed by atoms with Crippen molar-refractivity contribution in [3.8, 4) is 6.07 Å². The molecule has 1 aromatic heterocycles. The zero-order valence-electron chi connectivity index (χ0n) is 8.99. The molecule has 0 radical (unpaired) electrons. The fourth-order valence-corrected chi connectivity index (χ4v) is 1.51. The molecule has 1 atom stereocenters. The lowest BCUT2D eigenvalue weighted by atomic mass is 10.1. The zero-order chi connectivity index (χ0) is 10.8. The smallest absolute Gasteiger partial charge is 0.0642 e. The van der Waals surface area contributed by atoms with Crippen molar-refractivity contribution >= 4 is 0 Å². The second kappa shape index (κ2) is 3.85. The number of nitrogens with two attached hydrogens (primary N) is 1. The van der Waals surface area contributed by atoms with Crippen LogP contribution in [0.2, 0.25) is 0 Å². The van der Waals surface area contributed by atoms with Crippen LogP contribution in [0.3, 0.4) is 0 Å². The first-order chi connectivity index (χ1) is 6.46. The van der Waals surface area contributed by atoms with E-state index >= 15 is 0 Å². The Bertz CT molecular complexity index is 338. The Hall–Kier alpha value is -1.27. The molecule has 1 rings (SSSR count). The maximum Gasteiger partial charge on any atom is 0.0642 e. The number of nitrogens with zero attached hydrogens (tertiary/aromatic N) is 2. The quantitative estimate of drug-likeness (QED) is 0.778. The third-order valence-electron chi connectivity index (χ3n) is 2.19. The molecule has 1 heterocycles. The van der Waals surface area contributed by atoms with Gasteiger partial charge in [-0.15, -0.1) is 0 Å². The van der Waals surface area contributed by atoms with Crippen molar-refractivity contribution in [2.75, 3.05) is 0 Å². The average molecular weight is 191 g/mol. The van der Waals surface area contributed by atoms with Crippen LogP contribution in [0.5, 0.6) is 0 Å². The van der Waals surface area contributed by atoms with Crippen LogP contribution >= 0.6 is 0 Å². The van der Waals surface area contributed by atoms with Gasteiger partial charge < -0.3 is 10.3 Å². The van der Waals surface area contributed by atoms with Crippen LogP contribution in [-0.4, -0.2) is 4.57 Å². The first-order valence-electron chi connectivity index (χ1n) is 4.77. The minimum absolute atomic E-state index is 0.0198. The summed E-state index contributed by atoms with van der Waals surface area (Å²) in [5.41, 5.74) is 6.95. The molecule has 14 heavy (non-hydrogen) atoms. The van der Waals surface area contributed by atoms with Gasteiger partial charge in [-0.2, -0.15) is 5.26 Å². The summed E-state index contributed by atoms with van der Waals surface area (Å²) >= 11 is 0. The van der Waals surface area contributed by atoms with Crippen molar-refractivity contribution in [3.63, 3.8) is 0 Å². The van der Waals surface area contributed by atoms with Crippen LogP contribution in [0, 0.1) is 11.3 Å². The number of hydrogen-bond acceptors (Lipinski definition) is 2. The predicted molar refractivity (Wildman–Crippen MR) is 56.6 cm³/mol. The van der Waals surface area contributed by atoms with Crippen LogP contribution in [0.25, 0.3) is 0 Å². The van der Waals surface area contributed by atoms with Gasteiger partial charge in [0.15, 0.2) is 0 Å². The van der Waals surface area contributed by atoms with Crippen molar-refractivity contribution in [1.29, 1.82) is 5.26 Å². The summed E-state index contributed by atoms with van der Waals surface area (Å²) in [6.45, 7) is 6.36. The van der Waals surface area contributed by atoms with E-state index in [2.05, 4.69) is 31.4 Å². The molecule has 0 aromatic carbocycles. The summed E-state index contributed by atoms with van der Waals surface area (Å²) in [6, 6.07) is 5.86. The maximum atomic E-state index is 8.59. The molecule has 0 bridgehead atoms. The normalized spacial score (nSPS) is 13.6. The number of rotatable bonds is 2. The van der Waals surface area contributed by atoms with E-state index in [-0.39, 0.29) is 11.6 Å². The molecule has 3 nitrogen and oxygen atoms in total. The van der Waals surface area contributed by atoms with E-state index in [1.165, 1.54) is 0 Å². The summed E-state index contributed by atoms with van der Waals surface area (Å²) in [4.78, 5) is 0. The lowest BCUT2D eigenvalue weighted by molar-refractivity contribution is 0.377. The van der Waals surface area contributed by atoms with Gasteiger partial charge in [-0.3, -0.25) is 0 Å². The molecular formula is C11H17N3. The Balaban J connectivity index is 3.00. The highest BCUT2D eigenvalue weighted by molar-refractivity contribution is 5.15. The van der Waals surface area contributed by atoms with Gasteiger partial charge in [0, 0.05) is 17.4 Å². The van der Waals surface area contributed by atoms with E-state index in [9.17, 15) is 0 Å². The van der Waals surface area contributed by atoms with Gasteiger partial charge in [-0.25, -0.2) is 0 Å². The van der Waals surface area contributed by atoms with Crippen LogP contribution in [0.15, 0.2) is 18.3 Å². The van der Waals surface area contributed by atoms with E-state index in [0.29, 0.717) is 6.42 Å². The van der Waals surface area contributed by atoms with Crippen LogP contribution in [-0.2, 0) is 5.54 Å². The first-order valence-corrected chi connectivity index (χ1v) is 4.77. The van der Waals surface area contributed by atoms with Crippen molar-refractivity contribution in [2.45, 2.75) is 38.8 Å². The van der Waals surface area contributed by atoms with E-state index in [1.807, 2.05) is 18.3 Å². The van der Waals surface area contributed by atoms with Crippen LogP contribution < -0.4 is 5.73 Å². The van der Waals surface area contributed by atoms with Gasteiger partial charge in [0.05, 0.1) is 18.5 Å². The third-order valence-corrected chi connectivity index (χ3v) is 2.19. The molecule has 76 valence electrons. The molecule has 0 unspecified atom stereocenters. The lowest BCUT2D eigenvalue weighted by Gasteiger charge is -2.26. The highest BCUT2D eigenvalue weighted by atomic mass is 15.1. The molecule has 0 saturated heterocycles. The molecule has 0 amide bonds. The second-order valence-corrected chi connectivity index (χ2v) is 4.44. The van der Waals surface area contributed by atoms with Crippen molar-refractivity contribution < 1.29 is 0 Å². The Morgan fingerprint density at radius 2 is 2.21 bits per heavy atom. The van der Waals surface area contributed by atoms with E-state index in [0.717, 1.165) is 5.69 Å². The molecule has 0 saturated carbocycles. The SMILES string of the molecule is CC(C)(C)n1cccc1[C@@H](N)CC#N. The first kappa shape index (κ1) is 10.8. The molecule has 1 aromatic rings. The van der Waals surface area contributed by atoms with Crippen molar-refractivity contribution in [3.05, 3.63) is 24.0 Å². The van der Waals surface area contributed by atoms with Gasteiger partial charge in [0.1, 0.15) is 0 Å². The minimum Gasteiger partial charge on any atom is -0.345 e. The minimum atomic E-state index is -0.186. The molecule has 3 heteroatoms. The average Bonchev–Trinajstić information content (AvgIpc) is 2.50. The summed E-state index contributed by atoms with van der Waals surface area (Å²) in [5, 5.41) is 8.59. The summed E-state index contributed by atoms with van der Waals surface area (Å²) < 4.78 is 2.12.